The van der Waals surface area contributed by atoms with Gasteiger partial charge in [0, 0.05) is 42.8 Å². The predicted molar refractivity (Wildman–Crippen MR) is 118 cm³/mol. The maximum absolute atomic E-state index is 13.1. The quantitative estimate of drug-likeness (QED) is 0.458. The van der Waals surface area contributed by atoms with Crippen LogP contribution in [0.2, 0.25) is 5.02 Å². The number of benzene rings is 1. The first-order chi connectivity index (χ1) is 14.8. The highest BCUT2D eigenvalue weighted by Crippen LogP contribution is 2.28. The number of aromatic nitrogens is 2. The topological polar surface area (TPSA) is 95.7 Å². The summed E-state index contributed by atoms with van der Waals surface area (Å²) in [5, 5.41) is 11.2. The van der Waals surface area contributed by atoms with E-state index in [1.54, 1.807) is 29.3 Å². The zero-order valence-electron chi connectivity index (χ0n) is 16.1. The molecule has 8 nitrogen and oxygen atoms in total. The standard InChI is InChI=1S/C20H17ClN4O4S2/c21-14-4-3-13-10-19(25(27)16(13)11-14)31(28,29)24-8-6-23(7-9-24)20(26)18-12-15-17(30-18)2-1-5-22-15/h1-5,10-12,27H,6-9H2. The fourth-order valence-corrected chi connectivity index (χ4v) is 6.37. The average Bonchev–Trinajstić information content (AvgIpc) is 3.35. The van der Waals surface area contributed by atoms with E-state index in [1.807, 2.05) is 12.1 Å². The molecule has 0 unspecified atom stereocenters. The van der Waals surface area contributed by atoms with Crippen LogP contribution in [0.3, 0.4) is 0 Å². The van der Waals surface area contributed by atoms with Crippen molar-refractivity contribution in [1.29, 1.82) is 0 Å². The van der Waals surface area contributed by atoms with E-state index in [-0.39, 0.29) is 37.1 Å². The van der Waals surface area contributed by atoms with Crippen LogP contribution < -0.4 is 0 Å². The average molecular weight is 477 g/mol. The predicted octanol–water partition coefficient (Wildman–Crippen LogP) is 3.29. The molecule has 4 aromatic rings. The molecule has 11 heteroatoms. The summed E-state index contributed by atoms with van der Waals surface area (Å²) in [6.45, 7) is 0.799. The summed E-state index contributed by atoms with van der Waals surface area (Å²) in [5.41, 5.74) is 1.09. The molecule has 1 aliphatic rings. The fraction of sp³-hybridized carbons (Fsp3) is 0.200. The number of carbonyl (C=O) groups excluding carboxylic acids is 1. The van der Waals surface area contributed by atoms with Gasteiger partial charge in [-0.15, -0.1) is 11.3 Å². The third-order valence-corrected chi connectivity index (χ3v) is 8.51. The maximum Gasteiger partial charge on any atom is 0.264 e. The number of sulfonamides is 1. The number of piperazine rings is 1. The lowest BCUT2D eigenvalue weighted by molar-refractivity contribution is 0.0701. The highest BCUT2D eigenvalue weighted by Gasteiger charge is 2.33. The molecule has 5 rings (SSSR count). The van der Waals surface area contributed by atoms with Crippen molar-refractivity contribution in [1.82, 2.24) is 18.9 Å². The van der Waals surface area contributed by atoms with Gasteiger partial charge in [0.05, 0.1) is 20.6 Å². The van der Waals surface area contributed by atoms with Crippen molar-refractivity contribution in [3.05, 3.63) is 58.6 Å². The third-order valence-electron chi connectivity index (χ3n) is 5.34. The zero-order chi connectivity index (χ0) is 21.8. The fourth-order valence-electron chi connectivity index (χ4n) is 3.71. The Balaban J connectivity index is 1.35. The van der Waals surface area contributed by atoms with Gasteiger partial charge in [-0.1, -0.05) is 17.7 Å². The molecule has 1 aromatic carbocycles. The monoisotopic (exact) mass is 476 g/mol. The largest absolute Gasteiger partial charge is 0.427 e. The van der Waals surface area contributed by atoms with Crippen LogP contribution >= 0.6 is 22.9 Å². The summed E-state index contributed by atoms with van der Waals surface area (Å²) in [6, 6.07) is 11.7. The Hall–Kier alpha value is -2.66. The minimum absolute atomic E-state index is 0.133. The van der Waals surface area contributed by atoms with Gasteiger partial charge < -0.3 is 10.1 Å². The molecular formula is C20H17ClN4O4S2. The number of nitrogens with zero attached hydrogens (tertiary/aromatic N) is 4. The molecule has 0 atom stereocenters. The van der Waals surface area contributed by atoms with E-state index in [9.17, 15) is 18.4 Å². The second-order valence-corrected chi connectivity index (χ2v) is 10.6. The Bertz CT molecular complexity index is 1390. The van der Waals surface area contributed by atoms with Crippen LogP contribution in [0.15, 0.2) is 53.7 Å². The Morgan fingerprint density at radius 3 is 2.61 bits per heavy atom. The summed E-state index contributed by atoms with van der Waals surface area (Å²) >= 11 is 7.34. The van der Waals surface area contributed by atoms with E-state index in [0.29, 0.717) is 25.5 Å². The molecule has 0 bridgehead atoms. The van der Waals surface area contributed by atoms with Crippen LogP contribution in [-0.2, 0) is 10.0 Å². The first-order valence-corrected chi connectivity index (χ1v) is 12.1. The van der Waals surface area contributed by atoms with Gasteiger partial charge in [0.25, 0.3) is 15.9 Å². The molecule has 3 aromatic heterocycles. The first kappa shape index (κ1) is 20.3. The molecule has 0 aliphatic carbocycles. The van der Waals surface area contributed by atoms with Crippen LogP contribution in [0.1, 0.15) is 9.67 Å². The number of amides is 1. The van der Waals surface area contributed by atoms with E-state index in [2.05, 4.69) is 4.98 Å². The Kier molecular flexibility index (Phi) is 4.89. The summed E-state index contributed by atoms with van der Waals surface area (Å²) < 4.78 is 29.1. The van der Waals surface area contributed by atoms with Crippen molar-refractivity contribution in [2.75, 3.05) is 26.2 Å². The summed E-state index contributed by atoms with van der Waals surface area (Å²) in [6.07, 6.45) is 1.68. The molecule has 4 heterocycles. The van der Waals surface area contributed by atoms with Crippen LogP contribution in [0.4, 0.5) is 0 Å². The smallest absolute Gasteiger partial charge is 0.264 e. The van der Waals surface area contributed by atoms with Crippen LogP contribution in [0.25, 0.3) is 21.1 Å². The van der Waals surface area contributed by atoms with Crippen molar-refractivity contribution < 1.29 is 18.4 Å². The van der Waals surface area contributed by atoms with E-state index in [0.717, 1.165) is 10.2 Å². The van der Waals surface area contributed by atoms with Gasteiger partial charge in [-0.3, -0.25) is 9.78 Å². The molecular weight excluding hydrogens is 460 g/mol. The number of pyridine rings is 1. The van der Waals surface area contributed by atoms with Crippen LogP contribution in [0, 0.1) is 0 Å². The second-order valence-electron chi connectivity index (χ2n) is 7.19. The van der Waals surface area contributed by atoms with E-state index in [1.165, 1.54) is 27.8 Å². The van der Waals surface area contributed by atoms with Gasteiger partial charge in [0.1, 0.15) is 0 Å². The lowest BCUT2D eigenvalue weighted by Crippen LogP contribution is -2.50. The van der Waals surface area contributed by atoms with Crippen LogP contribution in [0.5, 0.6) is 0 Å². The van der Waals surface area contributed by atoms with Crippen molar-refractivity contribution >= 4 is 60.0 Å². The van der Waals surface area contributed by atoms with Crippen molar-refractivity contribution in [2.24, 2.45) is 0 Å². The third kappa shape index (κ3) is 3.45. The van der Waals surface area contributed by atoms with Crippen molar-refractivity contribution in [3.8, 4) is 0 Å². The number of hydrogen-bond donors (Lipinski definition) is 1. The van der Waals surface area contributed by atoms with Crippen LogP contribution in [-0.4, -0.2) is 64.6 Å². The second kappa shape index (κ2) is 7.49. The number of rotatable bonds is 3. The van der Waals surface area contributed by atoms with Crippen molar-refractivity contribution in [2.45, 2.75) is 5.03 Å². The molecule has 160 valence electrons. The lowest BCUT2D eigenvalue weighted by Gasteiger charge is -2.33. The van der Waals surface area contributed by atoms with Gasteiger partial charge in [-0.2, -0.15) is 9.04 Å². The first-order valence-electron chi connectivity index (χ1n) is 9.49. The van der Waals surface area contributed by atoms with Gasteiger partial charge >= 0.3 is 0 Å². The molecule has 1 aliphatic heterocycles. The van der Waals surface area contributed by atoms with Gasteiger partial charge in [0.15, 0.2) is 5.03 Å². The zero-order valence-corrected chi connectivity index (χ0v) is 18.5. The minimum atomic E-state index is -3.94. The number of carbonyl (C=O) groups is 1. The lowest BCUT2D eigenvalue weighted by atomic mass is 10.2. The Morgan fingerprint density at radius 2 is 1.87 bits per heavy atom. The highest BCUT2D eigenvalue weighted by atomic mass is 35.5. The van der Waals surface area contributed by atoms with Gasteiger partial charge in [-0.05, 0) is 36.4 Å². The Morgan fingerprint density at radius 1 is 1.10 bits per heavy atom. The Labute approximate surface area is 186 Å². The number of halogens is 1. The van der Waals surface area contributed by atoms with Crippen molar-refractivity contribution in [3.63, 3.8) is 0 Å². The maximum atomic E-state index is 13.1. The molecule has 1 fully saturated rings. The van der Waals surface area contributed by atoms with Gasteiger partial charge in [0.2, 0.25) is 0 Å². The molecule has 0 spiro atoms. The molecule has 0 saturated carbocycles. The molecule has 1 saturated heterocycles. The summed E-state index contributed by atoms with van der Waals surface area (Å²) in [7, 11) is -3.94. The number of fused-ring (bicyclic) bond motifs is 2. The minimum Gasteiger partial charge on any atom is -0.427 e. The van der Waals surface area contributed by atoms with E-state index >= 15 is 0 Å². The normalized spacial score (nSPS) is 15.7. The molecule has 1 amide bonds. The SMILES string of the molecule is O=C(c1cc2ncccc2s1)N1CCN(S(=O)(=O)c2cc3ccc(Cl)cc3n2O)CC1. The molecule has 31 heavy (non-hydrogen) atoms. The summed E-state index contributed by atoms with van der Waals surface area (Å²) in [5.74, 6) is -0.133. The summed E-state index contributed by atoms with van der Waals surface area (Å²) in [4.78, 5) is 19.4. The number of thiophene rings is 1. The highest BCUT2D eigenvalue weighted by molar-refractivity contribution is 7.89. The van der Waals surface area contributed by atoms with Gasteiger partial charge in [-0.25, -0.2) is 8.42 Å². The molecule has 0 radical (unpaired) electrons. The molecule has 1 N–H and O–H groups in total. The van der Waals surface area contributed by atoms with E-state index < -0.39 is 10.0 Å². The van der Waals surface area contributed by atoms with E-state index in [4.69, 9.17) is 11.6 Å². The number of hydrogen-bond acceptors (Lipinski definition) is 6.